The third-order valence-corrected chi connectivity index (χ3v) is 3.47. The molecular weight excluding hydrogens is 234 g/mol. The Morgan fingerprint density at radius 1 is 1.21 bits per heavy atom. The van der Waals surface area contributed by atoms with Crippen LogP contribution in [0.4, 0.5) is 0 Å². The maximum atomic E-state index is 4.16. The van der Waals surface area contributed by atoms with E-state index in [4.69, 9.17) is 0 Å². The summed E-state index contributed by atoms with van der Waals surface area (Å²) in [7, 11) is 0. The van der Waals surface area contributed by atoms with Crippen LogP contribution < -0.4 is 5.32 Å². The average Bonchev–Trinajstić information content (AvgIpc) is 2.94. The Kier molecular flexibility index (Phi) is 3.29. The summed E-state index contributed by atoms with van der Waals surface area (Å²) in [5.74, 6) is 0. The Morgan fingerprint density at radius 2 is 2.16 bits per heavy atom. The Bertz CT molecular complexity index is 658. The number of benzene rings is 1. The molecule has 0 radical (unpaired) electrons. The highest BCUT2D eigenvalue weighted by Gasteiger charge is 2.06. The van der Waals surface area contributed by atoms with Gasteiger partial charge in [-0.15, -0.1) is 0 Å². The normalized spacial score (nSPS) is 12.7. The smallest absolute Gasteiger partial charge is 0.0457 e. The van der Waals surface area contributed by atoms with Gasteiger partial charge in [0, 0.05) is 42.1 Å². The highest BCUT2D eigenvalue weighted by atomic mass is 14.9. The molecule has 1 atom stereocenters. The van der Waals surface area contributed by atoms with Crippen LogP contribution in [0, 0.1) is 0 Å². The van der Waals surface area contributed by atoms with Crippen molar-refractivity contribution in [1.29, 1.82) is 0 Å². The summed E-state index contributed by atoms with van der Waals surface area (Å²) in [4.78, 5) is 7.40. The van der Waals surface area contributed by atoms with Gasteiger partial charge in [-0.25, -0.2) is 0 Å². The van der Waals surface area contributed by atoms with E-state index in [0.29, 0.717) is 6.04 Å². The third-order valence-electron chi connectivity index (χ3n) is 3.47. The Morgan fingerprint density at radius 3 is 3.00 bits per heavy atom. The summed E-state index contributed by atoms with van der Waals surface area (Å²) in [6.07, 6.45) is 5.70. The van der Waals surface area contributed by atoms with Gasteiger partial charge in [0.05, 0.1) is 0 Å². The lowest BCUT2D eigenvalue weighted by Gasteiger charge is -2.14. The number of aromatic amines is 1. The van der Waals surface area contributed by atoms with Crippen molar-refractivity contribution in [1.82, 2.24) is 15.3 Å². The predicted molar refractivity (Wildman–Crippen MR) is 77.8 cm³/mol. The zero-order valence-electron chi connectivity index (χ0n) is 10.9. The summed E-state index contributed by atoms with van der Waals surface area (Å²) >= 11 is 0. The molecule has 0 spiro atoms. The van der Waals surface area contributed by atoms with Gasteiger partial charge in [0.1, 0.15) is 0 Å². The van der Waals surface area contributed by atoms with Crippen molar-refractivity contribution >= 4 is 10.9 Å². The lowest BCUT2D eigenvalue weighted by molar-refractivity contribution is 0.575. The van der Waals surface area contributed by atoms with Crippen LogP contribution in [0.3, 0.4) is 0 Å². The second kappa shape index (κ2) is 5.24. The van der Waals surface area contributed by atoms with Crippen LogP contribution in [0.2, 0.25) is 0 Å². The van der Waals surface area contributed by atoms with Crippen molar-refractivity contribution in [3.63, 3.8) is 0 Å². The summed E-state index contributed by atoms with van der Waals surface area (Å²) in [6, 6.07) is 12.8. The molecule has 3 rings (SSSR count). The molecule has 3 heteroatoms. The van der Waals surface area contributed by atoms with E-state index in [0.717, 1.165) is 6.54 Å². The third kappa shape index (κ3) is 2.51. The van der Waals surface area contributed by atoms with Gasteiger partial charge in [0.2, 0.25) is 0 Å². The minimum Gasteiger partial charge on any atom is -0.361 e. The monoisotopic (exact) mass is 251 g/mol. The molecule has 0 amide bonds. The van der Waals surface area contributed by atoms with E-state index in [2.05, 4.69) is 52.5 Å². The first kappa shape index (κ1) is 11.9. The lowest BCUT2D eigenvalue weighted by atomic mass is 10.1. The number of H-pyrrole nitrogens is 1. The second-order valence-electron chi connectivity index (χ2n) is 4.74. The molecule has 0 bridgehead atoms. The van der Waals surface area contributed by atoms with Gasteiger partial charge in [-0.2, -0.15) is 0 Å². The first-order valence-electron chi connectivity index (χ1n) is 6.53. The average molecular weight is 251 g/mol. The number of hydrogen-bond acceptors (Lipinski definition) is 2. The molecule has 0 unspecified atom stereocenters. The SMILES string of the molecule is C[C@H](NCc1cccc2[nH]ccc12)c1cccnc1. The molecule has 96 valence electrons. The Hall–Kier alpha value is -2.13. The first-order valence-corrected chi connectivity index (χ1v) is 6.53. The highest BCUT2D eigenvalue weighted by molar-refractivity contribution is 5.82. The first-order chi connectivity index (χ1) is 9.34. The minimum atomic E-state index is 0.294. The summed E-state index contributed by atoms with van der Waals surface area (Å²) in [5.41, 5.74) is 3.71. The van der Waals surface area contributed by atoms with Crippen LogP contribution >= 0.6 is 0 Å². The van der Waals surface area contributed by atoms with Gasteiger partial charge in [-0.1, -0.05) is 18.2 Å². The number of nitrogens with one attached hydrogen (secondary N) is 2. The van der Waals surface area contributed by atoms with E-state index in [1.807, 2.05) is 18.5 Å². The molecular formula is C16H17N3. The standard InChI is InChI=1S/C16H17N3/c1-12(13-5-3-8-17-10-13)19-11-14-4-2-6-16-15(14)7-9-18-16/h2-10,12,18-19H,11H2,1H3/t12-/m0/s1. The molecule has 2 N–H and O–H groups in total. The molecule has 0 fully saturated rings. The van der Waals surface area contributed by atoms with Crippen molar-refractivity contribution in [2.24, 2.45) is 0 Å². The van der Waals surface area contributed by atoms with Crippen LogP contribution in [-0.4, -0.2) is 9.97 Å². The van der Waals surface area contributed by atoms with Crippen molar-refractivity contribution in [2.75, 3.05) is 0 Å². The Labute approximate surface area is 112 Å². The van der Waals surface area contributed by atoms with Gasteiger partial charge in [-0.3, -0.25) is 4.98 Å². The number of pyridine rings is 1. The summed E-state index contributed by atoms with van der Waals surface area (Å²) in [6.45, 7) is 3.01. The van der Waals surface area contributed by atoms with Crippen LogP contribution in [0.25, 0.3) is 10.9 Å². The molecule has 19 heavy (non-hydrogen) atoms. The quantitative estimate of drug-likeness (QED) is 0.746. The maximum Gasteiger partial charge on any atom is 0.0457 e. The largest absolute Gasteiger partial charge is 0.361 e. The van der Waals surface area contributed by atoms with Gasteiger partial charge >= 0.3 is 0 Å². The van der Waals surface area contributed by atoms with Gasteiger partial charge in [0.15, 0.2) is 0 Å². The van der Waals surface area contributed by atoms with Gasteiger partial charge in [0.25, 0.3) is 0 Å². The zero-order chi connectivity index (χ0) is 13.1. The number of fused-ring (bicyclic) bond motifs is 1. The molecule has 0 saturated heterocycles. The fraction of sp³-hybridized carbons (Fsp3) is 0.188. The lowest BCUT2D eigenvalue weighted by Crippen LogP contribution is -2.18. The maximum absolute atomic E-state index is 4.16. The fourth-order valence-corrected chi connectivity index (χ4v) is 2.32. The molecule has 1 aromatic carbocycles. The van der Waals surface area contributed by atoms with Crippen molar-refractivity contribution < 1.29 is 0 Å². The number of hydrogen-bond donors (Lipinski definition) is 2. The Balaban J connectivity index is 1.74. The molecule has 0 aliphatic rings. The van der Waals surface area contributed by atoms with Gasteiger partial charge < -0.3 is 10.3 Å². The molecule has 3 aromatic rings. The van der Waals surface area contributed by atoms with Crippen LogP contribution in [-0.2, 0) is 6.54 Å². The van der Waals surface area contributed by atoms with E-state index in [1.54, 1.807) is 6.20 Å². The van der Waals surface area contributed by atoms with E-state index in [-0.39, 0.29) is 0 Å². The van der Waals surface area contributed by atoms with E-state index < -0.39 is 0 Å². The van der Waals surface area contributed by atoms with Crippen molar-refractivity contribution in [3.05, 3.63) is 66.1 Å². The predicted octanol–water partition coefficient (Wildman–Crippen LogP) is 3.41. The molecule has 0 aliphatic carbocycles. The van der Waals surface area contributed by atoms with Crippen molar-refractivity contribution in [2.45, 2.75) is 19.5 Å². The van der Waals surface area contributed by atoms with E-state index in [9.17, 15) is 0 Å². The molecule has 3 nitrogen and oxygen atoms in total. The topological polar surface area (TPSA) is 40.7 Å². The molecule has 0 saturated carbocycles. The zero-order valence-corrected chi connectivity index (χ0v) is 10.9. The van der Waals surface area contributed by atoms with Gasteiger partial charge in [-0.05, 0) is 36.2 Å². The second-order valence-corrected chi connectivity index (χ2v) is 4.74. The molecule has 2 aromatic heterocycles. The van der Waals surface area contributed by atoms with Crippen LogP contribution in [0.5, 0.6) is 0 Å². The highest BCUT2D eigenvalue weighted by Crippen LogP contribution is 2.18. The molecule has 0 aliphatic heterocycles. The van der Waals surface area contributed by atoms with Crippen LogP contribution in [0.15, 0.2) is 55.0 Å². The van der Waals surface area contributed by atoms with Crippen molar-refractivity contribution in [3.8, 4) is 0 Å². The summed E-state index contributed by atoms with van der Waals surface area (Å²) < 4.78 is 0. The van der Waals surface area contributed by atoms with Crippen LogP contribution in [0.1, 0.15) is 24.1 Å². The van der Waals surface area contributed by atoms with E-state index in [1.165, 1.54) is 22.0 Å². The van der Waals surface area contributed by atoms with E-state index >= 15 is 0 Å². The number of aromatic nitrogens is 2. The molecule has 2 heterocycles. The number of rotatable bonds is 4. The minimum absolute atomic E-state index is 0.294. The fourth-order valence-electron chi connectivity index (χ4n) is 2.32. The number of nitrogens with zero attached hydrogens (tertiary/aromatic N) is 1. The summed E-state index contributed by atoms with van der Waals surface area (Å²) in [5, 5.41) is 4.83.